The van der Waals surface area contributed by atoms with Crippen LogP contribution in [0.3, 0.4) is 0 Å². The quantitative estimate of drug-likeness (QED) is 0.375. The SMILES string of the molecule is O=C1OC2(CCN(Cc3c(F)cc(-c4ccc5cc(Cl)cnc5c4)cc3F)CC2)CN(C2CC2)C1=O. The van der Waals surface area contributed by atoms with Crippen molar-refractivity contribution in [2.75, 3.05) is 19.6 Å². The summed E-state index contributed by atoms with van der Waals surface area (Å²) in [5.41, 5.74) is 1.09. The van der Waals surface area contributed by atoms with Crippen LogP contribution in [0.2, 0.25) is 5.02 Å². The normalized spacial score (nSPS) is 20.2. The van der Waals surface area contributed by atoms with Gasteiger partial charge in [-0.1, -0.05) is 23.7 Å². The highest BCUT2D eigenvalue weighted by molar-refractivity contribution is 6.33. The molecule has 1 amide bonds. The van der Waals surface area contributed by atoms with Gasteiger partial charge in [-0.3, -0.25) is 14.7 Å². The number of nitrogens with zero attached hydrogens (tertiary/aromatic N) is 3. The summed E-state index contributed by atoms with van der Waals surface area (Å²) in [6, 6.07) is 10.0. The highest BCUT2D eigenvalue weighted by Gasteiger charge is 2.50. The molecule has 3 aliphatic rings. The van der Waals surface area contributed by atoms with Crippen LogP contribution in [0, 0.1) is 11.6 Å². The predicted octanol–water partition coefficient (Wildman–Crippen LogP) is 4.72. The van der Waals surface area contributed by atoms with E-state index in [-0.39, 0.29) is 18.2 Å². The second kappa shape index (κ2) is 8.78. The summed E-state index contributed by atoms with van der Waals surface area (Å²) in [7, 11) is 0. The van der Waals surface area contributed by atoms with Crippen molar-refractivity contribution in [1.29, 1.82) is 0 Å². The molecule has 3 heterocycles. The number of esters is 1. The van der Waals surface area contributed by atoms with E-state index in [4.69, 9.17) is 16.3 Å². The molecule has 3 fully saturated rings. The fraction of sp³-hybridized carbons (Fsp3) is 0.370. The van der Waals surface area contributed by atoms with Gasteiger partial charge in [-0.15, -0.1) is 0 Å². The highest BCUT2D eigenvalue weighted by Crippen LogP contribution is 2.37. The van der Waals surface area contributed by atoms with Crippen molar-refractivity contribution in [2.24, 2.45) is 0 Å². The van der Waals surface area contributed by atoms with E-state index in [2.05, 4.69) is 4.98 Å². The van der Waals surface area contributed by atoms with Crippen LogP contribution in [0.4, 0.5) is 8.78 Å². The first-order chi connectivity index (χ1) is 17.3. The zero-order valence-electron chi connectivity index (χ0n) is 19.5. The lowest BCUT2D eigenvalue weighted by atomic mass is 9.88. The molecule has 0 bridgehead atoms. The Hall–Kier alpha value is -3.10. The summed E-state index contributed by atoms with van der Waals surface area (Å²) in [6.07, 6.45) is 4.41. The minimum absolute atomic E-state index is 0.0100. The maximum Gasteiger partial charge on any atom is 0.397 e. The maximum absolute atomic E-state index is 15.1. The van der Waals surface area contributed by atoms with Gasteiger partial charge in [0.25, 0.3) is 0 Å². The number of amides is 1. The Morgan fingerprint density at radius 3 is 2.44 bits per heavy atom. The van der Waals surface area contributed by atoms with E-state index >= 15 is 8.78 Å². The number of aromatic nitrogens is 1. The number of hydrogen-bond donors (Lipinski definition) is 0. The van der Waals surface area contributed by atoms with Gasteiger partial charge in [0.1, 0.15) is 17.2 Å². The third-order valence-electron chi connectivity index (χ3n) is 7.47. The fourth-order valence-electron chi connectivity index (χ4n) is 5.25. The van der Waals surface area contributed by atoms with Crippen LogP contribution in [0.1, 0.15) is 31.2 Å². The molecule has 6 nitrogen and oxygen atoms in total. The number of carbonyl (C=O) groups is 2. The van der Waals surface area contributed by atoms with Gasteiger partial charge in [-0.2, -0.15) is 0 Å². The number of fused-ring (bicyclic) bond motifs is 1. The Morgan fingerprint density at radius 2 is 1.75 bits per heavy atom. The van der Waals surface area contributed by atoms with E-state index in [0.717, 1.165) is 18.2 Å². The highest BCUT2D eigenvalue weighted by atomic mass is 35.5. The van der Waals surface area contributed by atoms with E-state index < -0.39 is 29.1 Å². The third-order valence-corrected chi connectivity index (χ3v) is 7.67. The average molecular weight is 512 g/mol. The third kappa shape index (κ3) is 4.33. The van der Waals surface area contributed by atoms with E-state index in [9.17, 15) is 9.59 Å². The Morgan fingerprint density at radius 1 is 1.03 bits per heavy atom. The van der Waals surface area contributed by atoms with Crippen molar-refractivity contribution in [3.8, 4) is 11.1 Å². The molecule has 2 aliphatic heterocycles. The molecule has 2 aromatic carbocycles. The zero-order chi connectivity index (χ0) is 25.0. The molecule has 1 aliphatic carbocycles. The molecule has 186 valence electrons. The number of carbonyl (C=O) groups excluding carboxylic acids is 2. The molecule has 6 rings (SSSR count). The van der Waals surface area contributed by atoms with Gasteiger partial charge in [0.2, 0.25) is 0 Å². The van der Waals surface area contributed by atoms with Crippen molar-refractivity contribution in [3.63, 3.8) is 0 Å². The van der Waals surface area contributed by atoms with E-state index in [1.54, 1.807) is 23.1 Å². The van der Waals surface area contributed by atoms with Crippen LogP contribution in [-0.2, 0) is 20.9 Å². The summed E-state index contributed by atoms with van der Waals surface area (Å²) in [6.45, 7) is 1.55. The minimum atomic E-state index is -0.790. The number of likely N-dealkylation sites (tertiary alicyclic amines) is 1. The Balaban J connectivity index is 1.16. The van der Waals surface area contributed by atoms with Crippen molar-refractivity contribution >= 4 is 34.4 Å². The Bertz CT molecular complexity index is 1360. The van der Waals surface area contributed by atoms with Crippen molar-refractivity contribution in [1.82, 2.24) is 14.8 Å². The second-order valence-corrected chi connectivity index (χ2v) is 10.4. The lowest BCUT2D eigenvalue weighted by Gasteiger charge is -2.46. The molecular weight excluding hydrogens is 488 g/mol. The number of morpholine rings is 1. The monoisotopic (exact) mass is 511 g/mol. The lowest BCUT2D eigenvalue weighted by Crippen LogP contribution is -2.61. The van der Waals surface area contributed by atoms with Gasteiger partial charge in [-0.25, -0.2) is 13.6 Å². The molecular formula is C27H24ClF2N3O3. The van der Waals surface area contributed by atoms with Gasteiger partial charge >= 0.3 is 11.9 Å². The molecule has 36 heavy (non-hydrogen) atoms. The summed E-state index contributed by atoms with van der Waals surface area (Å²) < 4.78 is 35.8. The van der Waals surface area contributed by atoms with Gasteiger partial charge in [-0.05, 0) is 48.2 Å². The molecule has 0 N–H and O–H groups in total. The summed E-state index contributed by atoms with van der Waals surface area (Å²) >= 11 is 5.99. The average Bonchev–Trinajstić information content (AvgIpc) is 3.70. The first-order valence-electron chi connectivity index (χ1n) is 12.1. The first-order valence-corrected chi connectivity index (χ1v) is 12.5. The number of hydrogen-bond acceptors (Lipinski definition) is 5. The largest absolute Gasteiger partial charge is 0.450 e. The maximum atomic E-state index is 15.1. The van der Waals surface area contributed by atoms with Crippen LogP contribution < -0.4 is 0 Å². The van der Waals surface area contributed by atoms with E-state index in [0.29, 0.717) is 54.1 Å². The molecule has 2 saturated heterocycles. The van der Waals surface area contributed by atoms with Crippen LogP contribution in [0.25, 0.3) is 22.0 Å². The molecule has 1 saturated carbocycles. The number of benzene rings is 2. The predicted molar refractivity (Wildman–Crippen MR) is 130 cm³/mol. The smallest absolute Gasteiger partial charge is 0.397 e. The van der Waals surface area contributed by atoms with E-state index in [1.807, 2.05) is 11.0 Å². The zero-order valence-corrected chi connectivity index (χ0v) is 20.2. The van der Waals surface area contributed by atoms with Crippen LogP contribution in [0.5, 0.6) is 0 Å². The van der Waals surface area contributed by atoms with Crippen molar-refractivity contribution in [2.45, 2.75) is 43.9 Å². The number of halogens is 3. The molecule has 1 aromatic heterocycles. The van der Waals surface area contributed by atoms with Crippen LogP contribution in [-0.4, -0.2) is 57.9 Å². The van der Waals surface area contributed by atoms with Crippen molar-refractivity contribution < 1.29 is 23.1 Å². The van der Waals surface area contributed by atoms with Gasteiger partial charge < -0.3 is 9.64 Å². The topological polar surface area (TPSA) is 62.7 Å². The van der Waals surface area contributed by atoms with Gasteiger partial charge in [0.05, 0.1) is 17.1 Å². The molecule has 0 atom stereocenters. The van der Waals surface area contributed by atoms with Crippen LogP contribution in [0.15, 0.2) is 42.6 Å². The van der Waals surface area contributed by atoms with Crippen molar-refractivity contribution in [3.05, 3.63) is 64.8 Å². The summed E-state index contributed by atoms with van der Waals surface area (Å²) in [4.78, 5) is 32.2. The molecule has 0 unspecified atom stereocenters. The van der Waals surface area contributed by atoms with Gasteiger partial charge in [0, 0.05) is 55.7 Å². The van der Waals surface area contributed by atoms with E-state index in [1.165, 1.54) is 18.3 Å². The number of piperidine rings is 1. The minimum Gasteiger partial charge on any atom is -0.450 e. The number of pyridine rings is 1. The molecule has 3 aromatic rings. The number of rotatable bonds is 4. The Labute approximate surface area is 211 Å². The number of ether oxygens (including phenoxy) is 1. The standard InChI is InChI=1S/C27H24ClF2N3O3/c28-19-9-17-2-1-16(12-24(17)31-13-19)18-10-22(29)21(23(30)11-18)14-32-7-5-27(6-8-32)15-33(20-3-4-20)25(34)26(35)36-27/h1-2,9-13,20H,3-8,14-15H2. The lowest BCUT2D eigenvalue weighted by molar-refractivity contribution is -0.190. The first kappa shape index (κ1) is 23.3. The molecule has 9 heteroatoms. The van der Waals surface area contributed by atoms with Gasteiger partial charge in [0.15, 0.2) is 0 Å². The second-order valence-electron chi connectivity index (χ2n) is 9.99. The molecule has 1 spiro atoms. The van der Waals surface area contributed by atoms with Crippen LogP contribution >= 0.6 is 11.6 Å². The fourth-order valence-corrected chi connectivity index (χ4v) is 5.42. The summed E-state index contributed by atoms with van der Waals surface area (Å²) in [5, 5.41) is 1.37. The molecule has 0 radical (unpaired) electrons. The summed E-state index contributed by atoms with van der Waals surface area (Å²) in [5.74, 6) is -2.56. The Kier molecular flexibility index (Phi) is 5.68.